The van der Waals surface area contributed by atoms with Gasteiger partial charge in [-0.25, -0.2) is 0 Å². The first-order valence-electron chi connectivity index (χ1n) is 7.18. The Hall–Kier alpha value is -1.43. The van der Waals surface area contributed by atoms with Gasteiger partial charge in [0.15, 0.2) is 5.11 Å². The Balaban J connectivity index is 1.62. The molecule has 122 valence electrons. The van der Waals surface area contributed by atoms with Crippen LogP contribution in [0.4, 0.5) is 5.69 Å². The van der Waals surface area contributed by atoms with Crippen LogP contribution in [-0.2, 0) is 5.75 Å². The zero-order valence-corrected chi connectivity index (χ0v) is 15.2. The number of ether oxygens (including phenoxy) is 1. The summed E-state index contributed by atoms with van der Waals surface area (Å²) in [6.07, 6.45) is 0. The number of thiocarbonyl (C=S) groups is 1. The van der Waals surface area contributed by atoms with Gasteiger partial charge in [0, 0.05) is 28.8 Å². The van der Waals surface area contributed by atoms with E-state index in [2.05, 4.69) is 16.7 Å². The minimum atomic E-state index is 0.624. The molecular weight excluding hydrogens is 348 g/mol. The molecule has 0 aliphatic rings. The Kier molecular flexibility index (Phi) is 7.52. The van der Waals surface area contributed by atoms with Crippen LogP contribution >= 0.6 is 35.6 Å². The predicted octanol–water partition coefficient (Wildman–Crippen LogP) is 4.57. The van der Waals surface area contributed by atoms with E-state index in [1.54, 1.807) is 7.11 Å². The molecule has 2 aromatic carbocycles. The van der Waals surface area contributed by atoms with Crippen LogP contribution in [0.3, 0.4) is 0 Å². The van der Waals surface area contributed by atoms with Gasteiger partial charge in [0.05, 0.1) is 7.11 Å². The molecule has 0 amide bonds. The van der Waals surface area contributed by atoms with E-state index in [1.165, 1.54) is 5.56 Å². The highest BCUT2D eigenvalue weighted by atomic mass is 35.5. The molecule has 0 unspecified atom stereocenters. The highest BCUT2D eigenvalue weighted by Gasteiger charge is 1.99. The normalized spacial score (nSPS) is 10.2. The number of hydrogen-bond acceptors (Lipinski definition) is 3. The molecular formula is C17H19ClN2OS2. The summed E-state index contributed by atoms with van der Waals surface area (Å²) in [5.74, 6) is 2.74. The molecule has 0 fully saturated rings. The van der Waals surface area contributed by atoms with Gasteiger partial charge in [-0.3, -0.25) is 0 Å². The Morgan fingerprint density at radius 1 is 1.22 bits per heavy atom. The summed E-state index contributed by atoms with van der Waals surface area (Å²) in [7, 11) is 1.65. The van der Waals surface area contributed by atoms with Gasteiger partial charge in [-0.15, -0.1) is 0 Å². The highest BCUT2D eigenvalue weighted by Crippen LogP contribution is 2.16. The molecule has 2 aromatic rings. The molecule has 23 heavy (non-hydrogen) atoms. The number of nitrogens with one attached hydrogen (secondary N) is 2. The number of hydrogen-bond donors (Lipinski definition) is 2. The molecule has 0 atom stereocenters. The van der Waals surface area contributed by atoms with Crippen LogP contribution in [0.2, 0.25) is 5.02 Å². The highest BCUT2D eigenvalue weighted by molar-refractivity contribution is 7.98. The zero-order chi connectivity index (χ0) is 16.5. The van der Waals surface area contributed by atoms with Crippen molar-refractivity contribution in [3.63, 3.8) is 0 Å². The average Bonchev–Trinajstić information content (AvgIpc) is 2.55. The summed E-state index contributed by atoms with van der Waals surface area (Å²) < 4.78 is 5.12. The SMILES string of the molecule is COc1ccc(NC(=S)NCCSCc2cccc(Cl)c2)cc1. The van der Waals surface area contributed by atoms with Crippen LogP contribution < -0.4 is 15.4 Å². The molecule has 0 heterocycles. The lowest BCUT2D eigenvalue weighted by Gasteiger charge is -2.11. The maximum absolute atomic E-state index is 5.97. The molecule has 0 aliphatic heterocycles. The lowest BCUT2D eigenvalue weighted by atomic mass is 10.2. The Morgan fingerprint density at radius 3 is 2.70 bits per heavy atom. The minimum absolute atomic E-state index is 0.624. The third-order valence-electron chi connectivity index (χ3n) is 3.04. The first-order valence-corrected chi connectivity index (χ1v) is 9.12. The van der Waals surface area contributed by atoms with Gasteiger partial charge >= 0.3 is 0 Å². The van der Waals surface area contributed by atoms with E-state index in [9.17, 15) is 0 Å². The van der Waals surface area contributed by atoms with Crippen LogP contribution in [0, 0.1) is 0 Å². The van der Waals surface area contributed by atoms with E-state index in [4.69, 9.17) is 28.6 Å². The standard InChI is InChI=1S/C17H19ClN2OS2/c1-21-16-7-5-15(6-8-16)20-17(22)19-9-10-23-12-13-3-2-4-14(18)11-13/h2-8,11H,9-10,12H2,1H3,(H2,19,20,22). The smallest absolute Gasteiger partial charge is 0.170 e. The monoisotopic (exact) mass is 366 g/mol. The maximum Gasteiger partial charge on any atom is 0.170 e. The van der Waals surface area contributed by atoms with Gasteiger partial charge in [0.1, 0.15) is 5.75 Å². The first kappa shape index (κ1) is 17.9. The van der Waals surface area contributed by atoms with Crippen molar-refractivity contribution in [1.29, 1.82) is 0 Å². The van der Waals surface area contributed by atoms with E-state index in [1.807, 2.05) is 54.2 Å². The largest absolute Gasteiger partial charge is 0.497 e. The van der Waals surface area contributed by atoms with Gasteiger partial charge in [-0.1, -0.05) is 23.7 Å². The molecule has 0 saturated heterocycles. The zero-order valence-electron chi connectivity index (χ0n) is 12.8. The Labute approximate surface area is 151 Å². The van der Waals surface area contributed by atoms with Crippen molar-refractivity contribution in [2.75, 3.05) is 24.7 Å². The topological polar surface area (TPSA) is 33.3 Å². The van der Waals surface area contributed by atoms with Crippen LogP contribution in [0.15, 0.2) is 48.5 Å². The third-order valence-corrected chi connectivity index (χ3v) is 4.55. The number of benzene rings is 2. The van der Waals surface area contributed by atoms with Gasteiger partial charge in [-0.2, -0.15) is 11.8 Å². The van der Waals surface area contributed by atoms with E-state index in [0.29, 0.717) is 5.11 Å². The van der Waals surface area contributed by atoms with Crippen LogP contribution in [-0.4, -0.2) is 24.5 Å². The van der Waals surface area contributed by atoms with Crippen LogP contribution in [0.1, 0.15) is 5.56 Å². The van der Waals surface area contributed by atoms with E-state index in [0.717, 1.165) is 34.5 Å². The lowest BCUT2D eigenvalue weighted by Crippen LogP contribution is -2.30. The second-order valence-electron chi connectivity index (χ2n) is 4.79. The van der Waals surface area contributed by atoms with Gasteiger partial charge in [0.2, 0.25) is 0 Å². The molecule has 3 nitrogen and oxygen atoms in total. The van der Waals surface area contributed by atoms with Crippen molar-refractivity contribution < 1.29 is 4.74 Å². The second kappa shape index (κ2) is 9.65. The fourth-order valence-corrected chi connectivity index (χ4v) is 3.14. The summed E-state index contributed by atoms with van der Waals surface area (Å²) in [4.78, 5) is 0. The molecule has 2 N–H and O–H groups in total. The van der Waals surface area contributed by atoms with Crippen molar-refractivity contribution in [3.8, 4) is 5.75 Å². The molecule has 0 radical (unpaired) electrons. The predicted molar refractivity (Wildman–Crippen MR) is 105 cm³/mol. The summed E-state index contributed by atoms with van der Waals surface area (Å²) in [6.45, 7) is 0.813. The summed E-state index contributed by atoms with van der Waals surface area (Å²) in [5.41, 5.74) is 2.18. The second-order valence-corrected chi connectivity index (χ2v) is 6.74. The van der Waals surface area contributed by atoms with Crippen molar-refractivity contribution in [3.05, 3.63) is 59.1 Å². The summed E-state index contributed by atoms with van der Waals surface area (Å²) >= 11 is 13.1. The maximum atomic E-state index is 5.97. The van der Waals surface area contributed by atoms with E-state index in [-0.39, 0.29) is 0 Å². The molecule has 0 bridgehead atoms. The Bertz CT molecular complexity index is 635. The number of anilines is 1. The molecule has 0 spiro atoms. The van der Waals surface area contributed by atoms with E-state index < -0.39 is 0 Å². The molecule has 2 rings (SSSR count). The van der Waals surface area contributed by atoms with Crippen molar-refractivity contribution >= 4 is 46.4 Å². The minimum Gasteiger partial charge on any atom is -0.497 e. The van der Waals surface area contributed by atoms with Crippen LogP contribution in [0.5, 0.6) is 5.75 Å². The number of rotatable bonds is 7. The van der Waals surface area contributed by atoms with Crippen molar-refractivity contribution in [2.45, 2.75) is 5.75 Å². The molecule has 0 aromatic heterocycles. The van der Waals surface area contributed by atoms with Gasteiger partial charge in [-0.05, 0) is 54.2 Å². The quantitative estimate of drug-likeness (QED) is 0.554. The number of methoxy groups -OCH3 is 1. The number of thioether (sulfide) groups is 1. The van der Waals surface area contributed by atoms with E-state index >= 15 is 0 Å². The Morgan fingerprint density at radius 2 is 2.00 bits per heavy atom. The molecule has 6 heteroatoms. The van der Waals surface area contributed by atoms with Gasteiger partial charge in [0.25, 0.3) is 0 Å². The number of halogens is 1. The molecule has 0 aliphatic carbocycles. The fourth-order valence-electron chi connectivity index (χ4n) is 1.90. The molecule has 0 saturated carbocycles. The van der Waals surface area contributed by atoms with Crippen LogP contribution in [0.25, 0.3) is 0 Å². The fraction of sp³-hybridized carbons (Fsp3) is 0.235. The first-order chi connectivity index (χ1) is 11.2. The average molecular weight is 367 g/mol. The van der Waals surface area contributed by atoms with Gasteiger partial charge < -0.3 is 15.4 Å². The summed E-state index contributed by atoms with van der Waals surface area (Å²) in [5, 5.41) is 7.75. The summed E-state index contributed by atoms with van der Waals surface area (Å²) in [6, 6.07) is 15.6. The van der Waals surface area contributed by atoms with Crippen molar-refractivity contribution in [2.24, 2.45) is 0 Å². The lowest BCUT2D eigenvalue weighted by molar-refractivity contribution is 0.415. The van der Waals surface area contributed by atoms with Crippen molar-refractivity contribution in [1.82, 2.24) is 5.32 Å². The third kappa shape index (κ3) is 6.69.